The molecule has 27 heavy (non-hydrogen) atoms. The van der Waals surface area contributed by atoms with Crippen molar-refractivity contribution in [2.24, 2.45) is 0 Å². The predicted octanol–water partition coefficient (Wildman–Crippen LogP) is 3.52. The van der Waals surface area contributed by atoms with Crippen molar-refractivity contribution in [3.63, 3.8) is 0 Å². The van der Waals surface area contributed by atoms with Crippen LogP contribution < -0.4 is 10.2 Å². The average Bonchev–Trinajstić information content (AvgIpc) is 3.21. The fourth-order valence-corrected chi connectivity index (χ4v) is 3.94. The van der Waals surface area contributed by atoms with Gasteiger partial charge in [-0.15, -0.1) is 11.3 Å². The number of nitrogens with zero attached hydrogens (tertiary/aromatic N) is 3. The fraction of sp³-hybridized carbons (Fsp3) is 0.450. The van der Waals surface area contributed by atoms with Crippen LogP contribution in [-0.2, 0) is 11.3 Å². The van der Waals surface area contributed by atoms with E-state index in [-0.39, 0.29) is 18.0 Å². The second-order valence-corrected chi connectivity index (χ2v) is 8.27. The number of rotatable bonds is 5. The zero-order chi connectivity index (χ0) is 19.6. The first-order valence-corrected chi connectivity index (χ1v) is 10.0. The van der Waals surface area contributed by atoms with E-state index in [0.717, 1.165) is 22.0 Å². The number of nitrogens with one attached hydrogen (secondary N) is 1. The van der Waals surface area contributed by atoms with Crippen molar-refractivity contribution < 1.29 is 9.59 Å². The number of anilines is 1. The number of carbonyl (C=O) groups excluding carboxylic acids is 2. The topological polar surface area (TPSA) is 65.5 Å². The van der Waals surface area contributed by atoms with Crippen LogP contribution in [-0.4, -0.2) is 41.5 Å². The molecule has 0 radical (unpaired) electrons. The highest BCUT2D eigenvalue weighted by Gasteiger charge is 2.32. The summed E-state index contributed by atoms with van der Waals surface area (Å²) in [4.78, 5) is 32.8. The molecule has 3 amide bonds. The summed E-state index contributed by atoms with van der Waals surface area (Å²) in [6.45, 7) is 7.17. The Morgan fingerprint density at radius 3 is 2.89 bits per heavy atom. The minimum Gasteiger partial charge on any atom is -0.333 e. The normalized spacial score (nSPS) is 16.9. The van der Waals surface area contributed by atoms with Crippen molar-refractivity contribution in [1.29, 1.82) is 0 Å². The van der Waals surface area contributed by atoms with E-state index in [2.05, 4.69) is 24.1 Å². The molecule has 1 aromatic carbocycles. The van der Waals surface area contributed by atoms with Crippen molar-refractivity contribution in [2.75, 3.05) is 18.5 Å². The van der Waals surface area contributed by atoms with E-state index >= 15 is 0 Å². The van der Waals surface area contributed by atoms with E-state index in [1.54, 1.807) is 28.2 Å². The minimum atomic E-state index is -0.186. The second-order valence-electron chi connectivity index (χ2n) is 7.38. The van der Waals surface area contributed by atoms with Gasteiger partial charge in [-0.3, -0.25) is 4.79 Å². The third-order valence-electron chi connectivity index (χ3n) is 4.58. The summed E-state index contributed by atoms with van der Waals surface area (Å²) in [6.07, 6.45) is 0.321. The SMILES string of the molecule is Cc1cccc(N2CC(NC(=O)N(C)Cc3csc(C(C)C)n3)CC2=O)c1. The second kappa shape index (κ2) is 8.08. The number of aromatic nitrogens is 1. The van der Waals surface area contributed by atoms with Gasteiger partial charge in [-0.1, -0.05) is 26.0 Å². The van der Waals surface area contributed by atoms with Gasteiger partial charge in [0.05, 0.1) is 23.3 Å². The lowest BCUT2D eigenvalue weighted by Gasteiger charge is -2.21. The molecule has 6 nitrogen and oxygen atoms in total. The van der Waals surface area contributed by atoms with Gasteiger partial charge >= 0.3 is 6.03 Å². The Bertz CT molecular complexity index is 833. The number of benzene rings is 1. The summed E-state index contributed by atoms with van der Waals surface area (Å²) in [7, 11) is 1.75. The van der Waals surface area contributed by atoms with Crippen LogP contribution in [0.1, 0.15) is 42.5 Å². The molecule has 0 bridgehead atoms. The minimum absolute atomic E-state index is 0.0367. The highest BCUT2D eigenvalue weighted by molar-refractivity contribution is 7.09. The molecule has 0 aliphatic carbocycles. The molecule has 1 atom stereocenters. The summed E-state index contributed by atoms with van der Waals surface area (Å²) in [5.41, 5.74) is 2.88. The van der Waals surface area contributed by atoms with E-state index in [9.17, 15) is 9.59 Å². The van der Waals surface area contributed by atoms with Crippen LogP contribution in [0, 0.1) is 6.92 Å². The predicted molar refractivity (Wildman–Crippen MR) is 108 cm³/mol. The summed E-state index contributed by atoms with van der Waals surface area (Å²) in [5.74, 6) is 0.426. The van der Waals surface area contributed by atoms with Crippen molar-refractivity contribution in [1.82, 2.24) is 15.2 Å². The summed E-state index contributed by atoms with van der Waals surface area (Å²) in [6, 6.07) is 7.49. The number of aryl methyl sites for hydroxylation is 1. The molecule has 1 fully saturated rings. The summed E-state index contributed by atoms with van der Waals surface area (Å²) in [5, 5.41) is 6.05. The molecule has 7 heteroatoms. The average molecular weight is 387 g/mol. The highest BCUT2D eigenvalue weighted by atomic mass is 32.1. The van der Waals surface area contributed by atoms with Crippen LogP contribution in [0.5, 0.6) is 0 Å². The molecule has 1 unspecified atom stereocenters. The Balaban J connectivity index is 1.56. The summed E-state index contributed by atoms with van der Waals surface area (Å²) < 4.78 is 0. The van der Waals surface area contributed by atoms with Gasteiger partial charge < -0.3 is 15.1 Å². The Kier molecular flexibility index (Phi) is 5.79. The van der Waals surface area contributed by atoms with E-state index in [1.807, 2.05) is 36.6 Å². The monoisotopic (exact) mass is 386 g/mol. The molecule has 1 N–H and O–H groups in total. The van der Waals surface area contributed by atoms with E-state index in [4.69, 9.17) is 0 Å². The third-order valence-corrected chi connectivity index (χ3v) is 5.77. The van der Waals surface area contributed by atoms with Crippen LogP contribution in [0.25, 0.3) is 0 Å². The molecular weight excluding hydrogens is 360 g/mol. The van der Waals surface area contributed by atoms with Gasteiger partial charge in [-0.25, -0.2) is 9.78 Å². The Hall–Kier alpha value is -2.41. The smallest absolute Gasteiger partial charge is 0.317 e. The van der Waals surface area contributed by atoms with E-state index in [0.29, 0.717) is 25.4 Å². The maximum Gasteiger partial charge on any atom is 0.317 e. The molecule has 1 aliphatic heterocycles. The standard InChI is InChI=1S/C20H26N4O2S/c1-13(2)19-21-16(12-27-19)10-23(4)20(26)22-15-9-18(25)24(11-15)17-7-5-6-14(3)8-17/h5-8,12-13,15H,9-11H2,1-4H3,(H,22,26). The van der Waals surface area contributed by atoms with Gasteiger partial charge in [0.25, 0.3) is 0 Å². The lowest BCUT2D eigenvalue weighted by atomic mass is 10.2. The maximum absolute atomic E-state index is 12.5. The lowest BCUT2D eigenvalue weighted by Crippen LogP contribution is -2.44. The van der Waals surface area contributed by atoms with Crippen molar-refractivity contribution in [2.45, 2.75) is 45.7 Å². The van der Waals surface area contributed by atoms with Gasteiger partial charge in [0, 0.05) is 37.0 Å². The van der Waals surface area contributed by atoms with Crippen molar-refractivity contribution >= 4 is 29.0 Å². The maximum atomic E-state index is 12.5. The Morgan fingerprint density at radius 1 is 1.44 bits per heavy atom. The van der Waals surface area contributed by atoms with Gasteiger partial charge in [0.2, 0.25) is 5.91 Å². The number of thiazole rings is 1. The van der Waals surface area contributed by atoms with Gasteiger partial charge in [0.1, 0.15) is 0 Å². The molecule has 2 heterocycles. The number of hydrogen-bond donors (Lipinski definition) is 1. The molecule has 1 saturated heterocycles. The number of carbonyl (C=O) groups is 2. The molecule has 0 spiro atoms. The molecule has 2 aromatic rings. The Morgan fingerprint density at radius 2 is 2.22 bits per heavy atom. The lowest BCUT2D eigenvalue weighted by molar-refractivity contribution is -0.117. The van der Waals surface area contributed by atoms with Crippen molar-refractivity contribution in [3.05, 3.63) is 45.9 Å². The third kappa shape index (κ3) is 4.66. The first-order chi connectivity index (χ1) is 12.8. The van der Waals surface area contributed by atoms with Crippen LogP contribution >= 0.6 is 11.3 Å². The zero-order valence-corrected chi connectivity index (χ0v) is 17.0. The molecule has 1 aliphatic rings. The largest absolute Gasteiger partial charge is 0.333 e. The molecular formula is C20H26N4O2S. The quantitative estimate of drug-likeness (QED) is 0.855. The fourth-order valence-electron chi connectivity index (χ4n) is 3.11. The first-order valence-electron chi connectivity index (χ1n) is 9.16. The number of hydrogen-bond acceptors (Lipinski definition) is 4. The van der Waals surface area contributed by atoms with Gasteiger partial charge in [-0.05, 0) is 24.6 Å². The Labute approximate surface area is 164 Å². The van der Waals surface area contributed by atoms with Crippen LogP contribution in [0.2, 0.25) is 0 Å². The zero-order valence-electron chi connectivity index (χ0n) is 16.2. The van der Waals surface area contributed by atoms with Crippen molar-refractivity contribution in [3.8, 4) is 0 Å². The molecule has 3 rings (SSSR count). The molecule has 1 aromatic heterocycles. The highest BCUT2D eigenvalue weighted by Crippen LogP contribution is 2.23. The van der Waals surface area contributed by atoms with Gasteiger partial charge in [-0.2, -0.15) is 0 Å². The van der Waals surface area contributed by atoms with Crippen LogP contribution in [0.15, 0.2) is 29.6 Å². The molecule has 0 saturated carbocycles. The summed E-state index contributed by atoms with van der Waals surface area (Å²) >= 11 is 1.62. The molecule has 144 valence electrons. The van der Waals surface area contributed by atoms with Crippen LogP contribution in [0.3, 0.4) is 0 Å². The number of urea groups is 1. The van der Waals surface area contributed by atoms with E-state index in [1.165, 1.54) is 0 Å². The van der Waals surface area contributed by atoms with Crippen LogP contribution in [0.4, 0.5) is 10.5 Å². The van der Waals surface area contributed by atoms with Gasteiger partial charge in [0.15, 0.2) is 0 Å². The first kappa shape index (κ1) is 19.4. The van der Waals surface area contributed by atoms with E-state index < -0.39 is 0 Å². The number of amides is 3.